The molecule has 0 spiro atoms. The molecule has 26 heavy (non-hydrogen) atoms. The molecule has 1 saturated carbocycles. The fourth-order valence-electron chi connectivity index (χ4n) is 4.29. The Morgan fingerprint density at radius 1 is 1.08 bits per heavy atom. The first-order valence-corrected chi connectivity index (χ1v) is 10.1. The topological polar surface area (TPSA) is 35.6 Å². The zero-order chi connectivity index (χ0) is 17.5. The quantitative estimate of drug-likeness (QED) is 0.827. The molecule has 2 fully saturated rings. The van der Waals surface area contributed by atoms with Crippen molar-refractivity contribution in [3.8, 4) is 0 Å². The summed E-state index contributed by atoms with van der Waals surface area (Å²) in [7, 11) is 0. The first kappa shape index (κ1) is 21.3. The summed E-state index contributed by atoms with van der Waals surface area (Å²) in [5, 5.41) is 3.34. The molecule has 1 heterocycles. The summed E-state index contributed by atoms with van der Waals surface area (Å²) in [6, 6.07) is 11.1. The second kappa shape index (κ2) is 11.0. The van der Waals surface area contributed by atoms with Crippen molar-refractivity contribution >= 4 is 24.9 Å². The van der Waals surface area contributed by atoms with E-state index in [1.165, 1.54) is 37.7 Å². The Morgan fingerprint density at radius 2 is 1.73 bits per heavy atom. The zero-order valence-electron chi connectivity index (χ0n) is 15.6. The van der Waals surface area contributed by atoms with Gasteiger partial charge in [0.25, 0.3) is 0 Å². The fourth-order valence-corrected chi connectivity index (χ4v) is 4.29. The van der Waals surface area contributed by atoms with Crippen LogP contribution in [0.5, 0.6) is 0 Å². The fraction of sp³-hybridized carbons (Fsp3) is 0.667. The molecule has 2 amide bonds. The maximum atomic E-state index is 12.7. The van der Waals surface area contributed by atoms with Crippen molar-refractivity contribution < 1.29 is 4.79 Å². The van der Waals surface area contributed by atoms with Gasteiger partial charge in [0.05, 0.1) is 0 Å². The van der Waals surface area contributed by atoms with E-state index < -0.39 is 0 Å². The standard InChI is InChI=1S/C21H33N3O.Li.H/c1-2-20(19-11-7-4-8-12-19)22-21(25)24-15-13-23(14-16-24)17-18-9-5-3-6-10-18;;/h3,5-6,9-10,19-20H,2,4,7-8,11-17H2,1H3,(H,22,25);;. The molecule has 140 valence electrons. The van der Waals surface area contributed by atoms with Gasteiger partial charge in [0.15, 0.2) is 0 Å². The third kappa shape index (κ3) is 6.05. The molecule has 1 aromatic rings. The van der Waals surface area contributed by atoms with E-state index in [0.29, 0.717) is 12.0 Å². The predicted molar refractivity (Wildman–Crippen MR) is 110 cm³/mol. The maximum absolute atomic E-state index is 12.7. The van der Waals surface area contributed by atoms with Crippen molar-refractivity contribution in [1.29, 1.82) is 0 Å². The number of piperazine rings is 1. The van der Waals surface area contributed by atoms with Gasteiger partial charge in [-0.2, -0.15) is 0 Å². The Labute approximate surface area is 170 Å². The number of urea groups is 1. The van der Waals surface area contributed by atoms with E-state index in [-0.39, 0.29) is 24.9 Å². The Kier molecular flexibility index (Phi) is 9.05. The van der Waals surface area contributed by atoms with E-state index in [0.717, 1.165) is 39.1 Å². The van der Waals surface area contributed by atoms with Gasteiger partial charge in [-0.3, -0.25) is 4.90 Å². The molecule has 4 nitrogen and oxygen atoms in total. The Bertz CT molecular complexity index is 525. The number of carbonyl (C=O) groups excluding carboxylic acids is 1. The summed E-state index contributed by atoms with van der Waals surface area (Å²) >= 11 is 0. The summed E-state index contributed by atoms with van der Waals surface area (Å²) in [5.74, 6) is 0.682. The zero-order valence-corrected chi connectivity index (χ0v) is 15.6. The first-order chi connectivity index (χ1) is 12.3. The average molecular weight is 351 g/mol. The van der Waals surface area contributed by atoms with Crippen molar-refractivity contribution in [3.63, 3.8) is 0 Å². The molecule has 1 aromatic carbocycles. The van der Waals surface area contributed by atoms with Gasteiger partial charge in [0.1, 0.15) is 0 Å². The molecular formula is C21H34LiN3O. The Morgan fingerprint density at radius 3 is 2.35 bits per heavy atom. The predicted octanol–water partition coefficient (Wildman–Crippen LogP) is 3.22. The third-order valence-corrected chi connectivity index (χ3v) is 5.88. The second-order valence-corrected chi connectivity index (χ2v) is 7.61. The van der Waals surface area contributed by atoms with Crippen LogP contribution in [0.4, 0.5) is 4.79 Å². The van der Waals surface area contributed by atoms with E-state index >= 15 is 0 Å². The molecule has 5 heteroatoms. The number of benzene rings is 1. The third-order valence-electron chi connectivity index (χ3n) is 5.88. The van der Waals surface area contributed by atoms with E-state index in [9.17, 15) is 4.79 Å². The molecule has 1 saturated heterocycles. The van der Waals surface area contributed by atoms with Gasteiger partial charge in [0.2, 0.25) is 0 Å². The van der Waals surface area contributed by atoms with Crippen molar-refractivity contribution in [3.05, 3.63) is 35.9 Å². The van der Waals surface area contributed by atoms with Gasteiger partial charge >= 0.3 is 24.9 Å². The molecule has 3 rings (SSSR count). The van der Waals surface area contributed by atoms with Crippen LogP contribution in [-0.2, 0) is 6.54 Å². The number of rotatable bonds is 5. The number of hydrogen-bond acceptors (Lipinski definition) is 2. The molecule has 1 aliphatic heterocycles. The van der Waals surface area contributed by atoms with Crippen LogP contribution in [0.15, 0.2) is 30.3 Å². The van der Waals surface area contributed by atoms with Crippen LogP contribution in [0.25, 0.3) is 0 Å². The average Bonchev–Trinajstić information content (AvgIpc) is 2.68. The van der Waals surface area contributed by atoms with Gasteiger partial charge in [-0.05, 0) is 30.7 Å². The van der Waals surface area contributed by atoms with E-state index in [1.807, 2.05) is 4.90 Å². The molecule has 1 unspecified atom stereocenters. The van der Waals surface area contributed by atoms with Crippen LogP contribution in [0.3, 0.4) is 0 Å². The molecule has 1 atom stereocenters. The number of nitrogens with zero attached hydrogens (tertiary/aromatic N) is 2. The molecule has 0 bridgehead atoms. The van der Waals surface area contributed by atoms with Gasteiger partial charge in [-0.1, -0.05) is 56.5 Å². The monoisotopic (exact) mass is 351 g/mol. The summed E-state index contributed by atoms with van der Waals surface area (Å²) < 4.78 is 0. The van der Waals surface area contributed by atoms with E-state index in [2.05, 4.69) is 47.5 Å². The van der Waals surface area contributed by atoms with Crippen molar-refractivity contribution in [1.82, 2.24) is 15.1 Å². The molecule has 0 radical (unpaired) electrons. The SMILES string of the molecule is CCC(NC(=O)N1CCN(Cc2ccccc2)CC1)C1CCCCC1.[LiH]. The summed E-state index contributed by atoms with van der Waals surface area (Å²) in [6.45, 7) is 6.78. The van der Waals surface area contributed by atoms with Gasteiger partial charge in [-0.25, -0.2) is 4.79 Å². The van der Waals surface area contributed by atoms with Crippen molar-refractivity contribution in [2.75, 3.05) is 26.2 Å². The number of amides is 2. The minimum absolute atomic E-state index is 0. The van der Waals surface area contributed by atoms with Crippen LogP contribution in [0.2, 0.25) is 0 Å². The number of nitrogens with one attached hydrogen (secondary N) is 1. The first-order valence-electron chi connectivity index (χ1n) is 10.1. The van der Waals surface area contributed by atoms with Crippen LogP contribution in [0.1, 0.15) is 51.0 Å². The number of hydrogen-bond donors (Lipinski definition) is 1. The number of carbonyl (C=O) groups is 1. The van der Waals surface area contributed by atoms with Gasteiger partial charge < -0.3 is 10.2 Å². The normalized spacial score (nSPS) is 20.3. The van der Waals surface area contributed by atoms with E-state index in [1.54, 1.807) is 0 Å². The van der Waals surface area contributed by atoms with Crippen LogP contribution >= 0.6 is 0 Å². The molecule has 1 aliphatic carbocycles. The molecule has 2 aliphatic rings. The summed E-state index contributed by atoms with van der Waals surface area (Å²) in [5.41, 5.74) is 1.35. The Balaban J connectivity index is 0.00000243. The molecule has 0 aromatic heterocycles. The Hall–Kier alpha value is -0.953. The summed E-state index contributed by atoms with van der Waals surface area (Å²) in [4.78, 5) is 17.1. The second-order valence-electron chi connectivity index (χ2n) is 7.61. The summed E-state index contributed by atoms with van der Waals surface area (Å²) in [6.07, 6.45) is 7.63. The minimum atomic E-state index is 0. The van der Waals surface area contributed by atoms with Crippen LogP contribution < -0.4 is 5.32 Å². The van der Waals surface area contributed by atoms with Gasteiger partial charge in [0, 0.05) is 38.8 Å². The van der Waals surface area contributed by atoms with Crippen molar-refractivity contribution in [2.24, 2.45) is 5.92 Å². The van der Waals surface area contributed by atoms with Crippen molar-refractivity contribution in [2.45, 2.75) is 58.0 Å². The molecular weight excluding hydrogens is 317 g/mol. The molecule has 1 N–H and O–H groups in total. The van der Waals surface area contributed by atoms with Crippen LogP contribution in [-0.4, -0.2) is 66.9 Å². The van der Waals surface area contributed by atoms with Crippen LogP contribution in [0, 0.1) is 5.92 Å². The van der Waals surface area contributed by atoms with E-state index in [4.69, 9.17) is 0 Å². The van der Waals surface area contributed by atoms with Gasteiger partial charge in [-0.15, -0.1) is 0 Å².